The van der Waals surface area contributed by atoms with Crippen LogP contribution in [0.15, 0.2) is 24.3 Å². The minimum Gasteiger partial charge on any atom is -0.444 e. The summed E-state index contributed by atoms with van der Waals surface area (Å²) in [5.41, 5.74) is 0.672. The van der Waals surface area contributed by atoms with Crippen molar-refractivity contribution in [1.29, 1.82) is 0 Å². The first kappa shape index (κ1) is 16.9. The lowest BCUT2D eigenvalue weighted by Crippen LogP contribution is -2.33. The second kappa shape index (κ2) is 7.61. The molecule has 1 amide bonds. The van der Waals surface area contributed by atoms with Crippen molar-refractivity contribution in [2.24, 2.45) is 0 Å². The predicted octanol–water partition coefficient (Wildman–Crippen LogP) is 3.44. The van der Waals surface area contributed by atoms with E-state index in [2.05, 4.69) is 5.32 Å². The molecule has 21 heavy (non-hydrogen) atoms. The SMILES string of the molecule is CC(C)(C)OC(=O)NCCCCc1ccc([N+](=O)[O-])cc1. The normalized spacial score (nSPS) is 11.0. The van der Waals surface area contributed by atoms with Crippen LogP contribution in [-0.4, -0.2) is 23.2 Å². The number of nitrogens with zero attached hydrogens (tertiary/aromatic N) is 1. The quantitative estimate of drug-likeness (QED) is 0.495. The van der Waals surface area contributed by atoms with Crippen molar-refractivity contribution >= 4 is 11.8 Å². The summed E-state index contributed by atoms with van der Waals surface area (Å²) in [6, 6.07) is 6.54. The second-order valence-corrected chi connectivity index (χ2v) is 5.81. The van der Waals surface area contributed by atoms with Crippen molar-refractivity contribution in [1.82, 2.24) is 5.32 Å². The van der Waals surface area contributed by atoms with Crippen LogP contribution >= 0.6 is 0 Å². The van der Waals surface area contributed by atoms with Crippen LogP contribution in [0.2, 0.25) is 0 Å². The number of hydrogen-bond acceptors (Lipinski definition) is 4. The van der Waals surface area contributed by atoms with E-state index in [0.29, 0.717) is 6.54 Å². The third-order valence-corrected chi connectivity index (χ3v) is 2.71. The molecule has 6 heteroatoms. The lowest BCUT2D eigenvalue weighted by Gasteiger charge is -2.19. The zero-order valence-corrected chi connectivity index (χ0v) is 12.7. The smallest absolute Gasteiger partial charge is 0.407 e. The van der Waals surface area contributed by atoms with E-state index in [9.17, 15) is 14.9 Å². The van der Waals surface area contributed by atoms with Gasteiger partial charge >= 0.3 is 6.09 Å². The standard InChI is InChI=1S/C15H22N2O4/c1-15(2,3)21-14(18)16-11-5-4-6-12-7-9-13(10-8-12)17(19)20/h7-10H,4-6,11H2,1-3H3,(H,16,18). The minimum atomic E-state index is -0.483. The van der Waals surface area contributed by atoms with Crippen LogP contribution in [0.25, 0.3) is 0 Å². The fourth-order valence-corrected chi connectivity index (χ4v) is 1.74. The molecule has 1 aromatic rings. The molecule has 0 fully saturated rings. The molecule has 0 atom stereocenters. The number of hydrogen-bond donors (Lipinski definition) is 1. The highest BCUT2D eigenvalue weighted by Crippen LogP contribution is 2.13. The minimum absolute atomic E-state index is 0.102. The number of amides is 1. The van der Waals surface area contributed by atoms with Crippen LogP contribution in [0.1, 0.15) is 39.2 Å². The Hall–Kier alpha value is -2.11. The van der Waals surface area contributed by atoms with E-state index in [1.807, 2.05) is 20.8 Å². The van der Waals surface area contributed by atoms with Gasteiger partial charge in [0.25, 0.3) is 5.69 Å². The van der Waals surface area contributed by atoms with E-state index in [4.69, 9.17) is 4.74 Å². The molecule has 0 bridgehead atoms. The molecule has 0 unspecified atom stereocenters. The molecule has 0 radical (unpaired) electrons. The average molecular weight is 294 g/mol. The molecule has 0 spiro atoms. The van der Waals surface area contributed by atoms with Crippen molar-refractivity contribution in [2.45, 2.75) is 45.6 Å². The third-order valence-electron chi connectivity index (χ3n) is 2.71. The van der Waals surface area contributed by atoms with Crippen LogP contribution in [0.4, 0.5) is 10.5 Å². The fraction of sp³-hybridized carbons (Fsp3) is 0.533. The maximum absolute atomic E-state index is 11.4. The lowest BCUT2D eigenvalue weighted by molar-refractivity contribution is -0.384. The highest BCUT2D eigenvalue weighted by atomic mass is 16.6. The van der Waals surface area contributed by atoms with E-state index in [1.165, 1.54) is 12.1 Å². The molecule has 1 aromatic carbocycles. The van der Waals surface area contributed by atoms with Crippen LogP contribution < -0.4 is 5.32 Å². The highest BCUT2D eigenvalue weighted by Gasteiger charge is 2.15. The van der Waals surface area contributed by atoms with Crippen molar-refractivity contribution in [3.05, 3.63) is 39.9 Å². The number of nitrogens with one attached hydrogen (secondary N) is 1. The van der Waals surface area contributed by atoms with Gasteiger partial charge in [-0.15, -0.1) is 0 Å². The average Bonchev–Trinajstić information content (AvgIpc) is 2.36. The number of nitro benzene ring substituents is 1. The van der Waals surface area contributed by atoms with Gasteiger partial charge in [-0.25, -0.2) is 4.79 Å². The Balaban J connectivity index is 2.19. The topological polar surface area (TPSA) is 81.5 Å². The molecule has 1 rings (SSSR count). The summed E-state index contributed by atoms with van der Waals surface area (Å²) < 4.78 is 5.12. The summed E-state index contributed by atoms with van der Waals surface area (Å²) in [5, 5.41) is 13.2. The number of carbonyl (C=O) groups excluding carboxylic acids is 1. The number of carbonyl (C=O) groups is 1. The molecular weight excluding hydrogens is 272 g/mol. The number of benzene rings is 1. The van der Waals surface area contributed by atoms with Crippen LogP contribution in [0, 0.1) is 10.1 Å². The van der Waals surface area contributed by atoms with Crippen LogP contribution in [-0.2, 0) is 11.2 Å². The Morgan fingerprint density at radius 3 is 2.38 bits per heavy atom. The molecule has 0 aliphatic rings. The van der Waals surface area contributed by atoms with Gasteiger partial charge in [0.05, 0.1) is 4.92 Å². The van der Waals surface area contributed by atoms with Gasteiger partial charge in [-0.1, -0.05) is 12.1 Å². The number of ether oxygens (including phenoxy) is 1. The molecule has 0 heterocycles. The Morgan fingerprint density at radius 1 is 1.24 bits per heavy atom. The number of unbranched alkanes of at least 4 members (excludes halogenated alkanes) is 1. The van der Waals surface area contributed by atoms with Crippen molar-refractivity contribution in [3.63, 3.8) is 0 Å². The molecule has 0 aliphatic carbocycles. The zero-order valence-electron chi connectivity index (χ0n) is 12.7. The van der Waals surface area contributed by atoms with Gasteiger partial charge in [-0.05, 0) is 45.6 Å². The number of nitro groups is 1. The summed E-state index contributed by atoms with van der Waals surface area (Å²) in [6.45, 7) is 6.02. The first-order valence-corrected chi connectivity index (χ1v) is 6.98. The Bertz CT molecular complexity index is 477. The van der Waals surface area contributed by atoms with Gasteiger partial charge in [-0.3, -0.25) is 10.1 Å². The Morgan fingerprint density at radius 2 is 1.86 bits per heavy atom. The van der Waals surface area contributed by atoms with Gasteiger partial charge in [0.1, 0.15) is 5.60 Å². The Labute approximate surface area is 124 Å². The van der Waals surface area contributed by atoms with E-state index < -0.39 is 16.6 Å². The largest absolute Gasteiger partial charge is 0.444 e. The lowest BCUT2D eigenvalue weighted by atomic mass is 10.1. The first-order chi connectivity index (χ1) is 9.78. The molecule has 0 aliphatic heterocycles. The van der Waals surface area contributed by atoms with Crippen LogP contribution in [0.5, 0.6) is 0 Å². The molecular formula is C15H22N2O4. The van der Waals surface area contributed by atoms with E-state index in [0.717, 1.165) is 24.8 Å². The van der Waals surface area contributed by atoms with E-state index >= 15 is 0 Å². The van der Waals surface area contributed by atoms with Gasteiger partial charge in [-0.2, -0.15) is 0 Å². The van der Waals surface area contributed by atoms with Crippen molar-refractivity contribution < 1.29 is 14.5 Å². The molecule has 1 N–H and O–H groups in total. The number of non-ortho nitro benzene ring substituents is 1. The first-order valence-electron chi connectivity index (χ1n) is 6.98. The van der Waals surface area contributed by atoms with Gasteiger partial charge in [0, 0.05) is 18.7 Å². The van der Waals surface area contributed by atoms with Gasteiger partial charge < -0.3 is 10.1 Å². The molecule has 0 saturated heterocycles. The molecule has 6 nitrogen and oxygen atoms in total. The monoisotopic (exact) mass is 294 g/mol. The van der Waals surface area contributed by atoms with Gasteiger partial charge in [0.15, 0.2) is 0 Å². The molecule has 0 saturated carbocycles. The third kappa shape index (κ3) is 7.29. The Kier molecular flexibility index (Phi) is 6.14. The summed E-state index contributed by atoms with van der Waals surface area (Å²) in [5.74, 6) is 0. The predicted molar refractivity (Wildman–Crippen MR) is 80.3 cm³/mol. The van der Waals surface area contributed by atoms with E-state index in [-0.39, 0.29) is 5.69 Å². The fourth-order valence-electron chi connectivity index (χ4n) is 1.74. The zero-order chi connectivity index (χ0) is 15.9. The van der Waals surface area contributed by atoms with Gasteiger partial charge in [0.2, 0.25) is 0 Å². The van der Waals surface area contributed by atoms with Crippen LogP contribution in [0.3, 0.4) is 0 Å². The second-order valence-electron chi connectivity index (χ2n) is 5.81. The highest BCUT2D eigenvalue weighted by molar-refractivity contribution is 5.67. The number of rotatable bonds is 6. The summed E-state index contributed by atoms with van der Waals surface area (Å²) in [4.78, 5) is 21.5. The number of alkyl carbamates (subject to hydrolysis) is 1. The maximum Gasteiger partial charge on any atom is 0.407 e. The van der Waals surface area contributed by atoms with Crippen molar-refractivity contribution in [3.8, 4) is 0 Å². The summed E-state index contributed by atoms with van der Waals surface area (Å²) in [6.07, 6.45) is 2.15. The van der Waals surface area contributed by atoms with Crippen molar-refractivity contribution in [2.75, 3.05) is 6.54 Å². The number of aryl methyl sites for hydroxylation is 1. The summed E-state index contributed by atoms with van der Waals surface area (Å²) >= 11 is 0. The maximum atomic E-state index is 11.4. The molecule has 116 valence electrons. The molecule has 0 aromatic heterocycles. The van der Waals surface area contributed by atoms with E-state index in [1.54, 1.807) is 12.1 Å². The summed E-state index contributed by atoms with van der Waals surface area (Å²) in [7, 11) is 0.